The number of hydrogen-bond acceptors (Lipinski definition) is 5. The van der Waals surface area contributed by atoms with Gasteiger partial charge in [-0.15, -0.1) is 0 Å². The summed E-state index contributed by atoms with van der Waals surface area (Å²) >= 11 is 0. The van der Waals surface area contributed by atoms with Crippen LogP contribution in [0.2, 0.25) is 0 Å². The average molecular weight is 445 g/mol. The zero-order valence-electron chi connectivity index (χ0n) is 17.8. The van der Waals surface area contributed by atoms with Crippen LogP contribution in [-0.2, 0) is 14.8 Å². The number of nitrogens with one attached hydrogen (secondary N) is 3. The molecule has 0 atom stereocenters. The van der Waals surface area contributed by atoms with Crippen molar-refractivity contribution < 1.29 is 18.0 Å². The number of piperidine rings is 1. The second-order valence-corrected chi connectivity index (χ2v) is 9.60. The molecule has 1 aliphatic rings. The van der Waals surface area contributed by atoms with Gasteiger partial charge in [-0.05, 0) is 56.5 Å². The molecule has 1 fully saturated rings. The Bertz CT molecular complexity index is 1060. The number of anilines is 2. The highest BCUT2D eigenvalue weighted by molar-refractivity contribution is 7.89. The molecule has 31 heavy (non-hydrogen) atoms. The van der Waals surface area contributed by atoms with Gasteiger partial charge in [-0.2, -0.15) is 4.31 Å². The number of sulfonamides is 1. The lowest BCUT2D eigenvalue weighted by molar-refractivity contribution is -0.118. The van der Waals surface area contributed by atoms with E-state index in [2.05, 4.69) is 16.0 Å². The topological polar surface area (TPSA) is 108 Å². The van der Waals surface area contributed by atoms with Crippen LogP contribution in [0.15, 0.2) is 47.4 Å². The minimum atomic E-state index is -3.56. The molecule has 3 rings (SSSR count). The molecule has 166 valence electrons. The van der Waals surface area contributed by atoms with Crippen molar-refractivity contribution in [3.63, 3.8) is 0 Å². The first-order chi connectivity index (χ1) is 14.8. The molecule has 2 aromatic carbocycles. The number of imide groups is 1. The molecule has 0 aromatic heterocycles. The summed E-state index contributed by atoms with van der Waals surface area (Å²) in [5, 5.41) is 7.78. The highest BCUT2D eigenvalue weighted by atomic mass is 32.2. The molecule has 9 heteroatoms. The first kappa shape index (κ1) is 22.8. The Kier molecular flexibility index (Phi) is 7.29. The fourth-order valence-electron chi connectivity index (χ4n) is 3.48. The number of benzene rings is 2. The molecule has 0 radical (unpaired) electrons. The van der Waals surface area contributed by atoms with Crippen LogP contribution in [0.5, 0.6) is 0 Å². The zero-order valence-corrected chi connectivity index (χ0v) is 18.6. The smallest absolute Gasteiger partial charge is 0.325 e. The number of rotatable bonds is 6. The highest BCUT2D eigenvalue weighted by Gasteiger charge is 2.26. The van der Waals surface area contributed by atoms with E-state index < -0.39 is 22.0 Å². The van der Waals surface area contributed by atoms with Gasteiger partial charge < -0.3 is 10.6 Å². The van der Waals surface area contributed by atoms with Crippen molar-refractivity contribution in [2.24, 2.45) is 0 Å². The Labute approximate surface area is 183 Å². The van der Waals surface area contributed by atoms with Gasteiger partial charge in [0.05, 0.1) is 11.4 Å². The Morgan fingerprint density at radius 2 is 1.74 bits per heavy atom. The molecule has 1 aliphatic heterocycles. The summed E-state index contributed by atoms with van der Waals surface area (Å²) in [6.07, 6.45) is 2.77. The van der Waals surface area contributed by atoms with Crippen LogP contribution in [0.25, 0.3) is 0 Å². The quantitative estimate of drug-likeness (QED) is 0.634. The molecule has 0 bridgehead atoms. The van der Waals surface area contributed by atoms with E-state index in [1.807, 2.05) is 26.0 Å². The summed E-state index contributed by atoms with van der Waals surface area (Å²) in [4.78, 5) is 24.4. The van der Waals surface area contributed by atoms with E-state index in [0.717, 1.165) is 30.4 Å². The van der Waals surface area contributed by atoms with Crippen LogP contribution >= 0.6 is 0 Å². The molecular weight excluding hydrogens is 416 g/mol. The number of urea groups is 1. The first-order valence-electron chi connectivity index (χ1n) is 10.3. The van der Waals surface area contributed by atoms with Crippen molar-refractivity contribution in [3.05, 3.63) is 53.6 Å². The first-order valence-corrected chi connectivity index (χ1v) is 11.7. The van der Waals surface area contributed by atoms with E-state index in [0.29, 0.717) is 24.5 Å². The molecule has 0 unspecified atom stereocenters. The maximum absolute atomic E-state index is 12.8. The Morgan fingerprint density at radius 1 is 1.00 bits per heavy atom. The van der Waals surface area contributed by atoms with Crippen molar-refractivity contribution >= 4 is 33.3 Å². The Morgan fingerprint density at radius 3 is 2.45 bits per heavy atom. The van der Waals surface area contributed by atoms with Gasteiger partial charge in [-0.25, -0.2) is 13.2 Å². The maximum atomic E-state index is 12.8. The number of carbonyl (C=O) groups excluding carboxylic acids is 2. The molecule has 0 aliphatic carbocycles. The van der Waals surface area contributed by atoms with E-state index >= 15 is 0 Å². The lowest BCUT2D eigenvalue weighted by Gasteiger charge is -2.26. The molecule has 0 saturated carbocycles. The SMILES string of the molecule is Cc1ccc(NC(=O)NC(=O)CNc2cccc(S(=O)(=O)N3CCCCC3)c2)c(C)c1. The predicted molar refractivity (Wildman–Crippen MR) is 121 cm³/mol. The number of amides is 3. The van der Waals surface area contributed by atoms with Crippen LogP contribution in [0, 0.1) is 13.8 Å². The molecule has 1 saturated heterocycles. The summed E-state index contributed by atoms with van der Waals surface area (Å²) in [7, 11) is -3.56. The van der Waals surface area contributed by atoms with Gasteiger partial charge in [-0.3, -0.25) is 10.1 Å². The normalized spacial score (nSPS) is 14.6. The van der Waals surface area contributed by atoms with E-state index in [1.165, 1.54) is 10.4 Å². The molecule has 3 amide bonds. The Balaban J connectivity index is 1.55. The standard InChI is InChI=1S/C22H28N4O4S/c1-16-9-10-20(17(2)13-16)24-22(28)25-21(27)15-23-18-7-6-8-19(14-18)31(29,30)26-11-4-3-5-12-26/h6-10,13-14,23H,3-5,11-12,15H2,1-2H3,(H2,24,25,27,28). The fraction of sp³-hybridized carbons (Fsp3) is 0.364. The van der Waals surface area contributed by atoms with Crippen LogP contribution in [0.1, 0.15) is 30.4 Å². The lowest BCUT2D eigenvalue weighted by atomic mass is 10.1. The molecule has 2 aromatic rings. The summed E-state index contributed by atoms with van der Waals surface area (Å²) in [6, 6.07) is 11.3. The van der Waals surface area contributed by atoms with Crippen molar-refractivity contribution in [2.45, 2.75) is 38.0 Å². The third kappa shape index (κ3) is 6.05. The van der Waals surface area contributed by atoms with E-state index in [9.17, 15) is 18.0 Å². The monoisotopic (exact) mass is 444 g/mol. The van der Waals surface area contributed by atoms with Gasteiger partial charge in [0.25, 0.3) is 0 Å². The number of carbonyl (C=O) groups is 2. The summed E-state index contributed by atoms with van der Waals surface area (Å²) in [5.74, 6) is -0.536. The van der Waals surface area contributed by atoms with Gasteiger partial charge in [-0.1, -0.05) is 30.2 Å². The summed E-state index contributed by atoms with van der Waals surface area (Å²) in [6.45, 7) is 4.71. The summed E-state index contributed by atoms with van der Waals surface area (Å²) < 4.78 is 27.1. The molecule has 0 spiro atoms. The van der Waals surface area contributed by atoms with Gasteiger partial charge >= 0.3 is 6.03 Å². The van der Waals surface area contributed by atoms with Crippen LogP contribution in [0.3, 0.4) is 0 Å². The minimum absolute atomic E-state index is 0.173. The number of nitrogens with zero attached hydrogens (tertiary/aromatic N) is 1. The van der Waals surface area contributed by atoms with Gasteiger partial charge in [0.15, 0.2) is 0 Å². The van der Waals surface area contributed by atoms with E-state index in [1.54, 1.807) is 24.3 Å². The van der Waals surface area contributed by atoms with Crippen molar-refractivity contribution in [2.75, 3.05) is 30.3 Å². The van der Waals surface area contributed by atoms with Crippen LogP contribution in [0.4, 0.5) is 16.2 Å². The van der Waals surface area contributed by atoms with Gasteiger partial charge in [0, 0.05) is 24.5 Å². The van der Waals surface area contributed by atoms with E-state index in [-0.39, 0.29) is 11.4 Å². The predicted octanol–water partition coefficient (Wildman–Crippen LogP) is 3.24. The van der Waals surface area contributed by atoms with Crippen LogP contribution in [-0.4, -0.2) is 44.3 Å². The Hall–Kier alpha value is -2.91. The molecule has 1 heterocycles. The highest BCUT2D eigenvalue weighted by Crippen LogP contribution is 2.22. The average Bonchev–Trinajstić information content (AvgIpc) is 2.75. The van der Waals surface area contributed by atoms with Crippen molar-refractivity contribution in [1.82, 2.24) is 9.62 Å². The van der Waals surface area contributed by atoms with Gasteiger partial charge in [0.2, 0.25) is 15.9 Å². The zero-order chi connectivity index (χ0) is 22.4. The summed E-state index contributed by atoms with van der Waals surface area (Å²) in [5.41, 5.74) is 3.09. The third-order valence-electron chi connectivity index (χ3n) is 5.12. The van der Waals surface area contributed by atoms with Crippen LogP contribution < -0.4 is 16.0 Å². The lowest BCUT2D eigenvalue weighted by Crippen LogP contribution is -2.38. The molecule has 8 nitrogen and oxygen atoms in total. The largest absolute Gasteiger partial charge is 0.376 e. The van der Waals surface area contributed by atoms with E-state index in [4.69, 9.17) is 0 Å². The minimum Gasteiger partial charge on any atom is -0.376 e. The molecule has 3 N–H and O–H groups in total. The second-order valence-electron chi connectivity index (χ2n) is 7.67. The fourth-order valence-corrected chi connectivity index (χ4v) is 5.04. The number of hydrogen-bond donors (Lipinski definition) is 3. The second kappa shape index (κ2) is 9.93. The van der Waals surface area contributed by atoms with Crippen molar-refractivity contribution in [3.8, 4) is 0 Å². The molecular formula is C22H28N4O4S. The van der Waals surface area contributed by atoms with Crippen molar-refractivity contribution in [1.29, 1.82) is 0 Å². The maximum Gasteiger partial charge on any atom is 0.325 e. The van der Waals surface area contributed by atoms with Gasteiger partial charge in [0.1, 0.15) is 0 Å². The number of aryl methyl sites for hydroxylation is 2. The third-order valence-corrected chi connectivity index (χ3v) is 7.02.